The maximum atomic E-state index is 8.53. The van der Waals surface area contributed by atoms with Gasteiger partial charge in [0.15, 0.2) is 0 Å². The van der Waals surface area contributed by atoms with Crippen LogP contribution in [0.15, 0.2) is 30.6 Å². The van der Waals surface area contributed by atoms with Gasteiger partial charge in [-0.15, -0.1) is 5.10 Å². The fourth-order valence-corrected chi connectivity index (χ4v) is 1.80. The highest BCUT2D eigenvalue weighted by atomic mass is 16.5. The SMILES string of the molecule is OCCOCCOCCOCCn1cc(-c2ccccn2)nn1. The second-order valence-electron chi connectivity index (χ2n) is 4.64. The van der Waals surface area contributed by atoms with Crippen molar-refractivity contribution >= 4 is 0 Å². The summed E-state index contributed by atoms with van der Waals surface area (Å²) < 4.78 is 17.6. The molecule has 0 spiro atoms. The Kier molecular flexibility index (Phi) is 8.20. The summed E-state index contributed by atoms with van der Waals surface area (Å²) in [5, 5.41) is 16.7. The van der Waals surface area contributed by atoms with E-state index >= 15 is 0 Å². The van der Waals surface area contributed by atoms with Crippen LogP contribution in [0.25, 0.3) is 11.4 Å². The maximum absolute atomic E-state index is 8.53. The Morgan fingerprint density at radius 2 is 1.65 bits per heavy atom. The summed E-state index contributed by atoms with van der Waals surface area (Å²) in [7, 11) is 0. The maximum Gasteiger partial charge on any atom is 0.131 e. The molecular weight excluding hydrogens is 300 g/mol. The van der Waals surface area contributed by atoms with Crippen LogP contribution in [0, 0.1) is 0 Å². The van der Waals surface area contributed by atoms with Crippen molar-refractivity contribution in [2.45, 2.75) is 6.54 Å². The lowest BCUT2D eigenvalue weighted by Gasteiger charge is -2.06. The molecule has 0 saturated carbocycles. The third kappa shape index (κ3) is 6.83. The first kappa shape index (κ1) is 17.5. The van der Waals surface area contributed by atoms with Crippen molar-refractivity contribution in [3.8, 4) is 11.4 Å². The molecule has 0 aromatic carbocycles. The van der Waals surface area contributed by atoms with Gasteiger partial charge in [-0.2, -0.15) is 0 Å². The number of ether oxygens (including phenoxy) is 3. The molecule has 1 N–H and O–H groups in total. The average molecular weight is 322 g/mol. The van der Waals surface area contributed by atoms with Crippen LogP contribution < -0.4 is 0 Å². The van der Waals surface area contributed by atoms with Gasteiger partial charge in [0.1, 0.15) is 5.69 Å². The molecule has 0 atom stereocenters. The van der Waals surface area contributed by atoms with E-state index in [1.165, 1.54) is 0 Å². The van der Waals surface area contributed by atoms with Crippen molar-refractivity contribution in [1.82, 2.24) is 20.0 Å². The zero-order valence-corrected chi connectivity index (χ0v) is 13.0. The number of nitrogens with zero attached hydrogens (tertiary/aromatic N) is 4. The molecule has 8 nitrogen and oxygen atoms in total. The van der Waals surface area contributed by atoms with E-state index in [0.717, 1.165) is 11.4 Å². The Morgan fingerprint density at radius 3 is 2.35 bits per heavy atom. The van der Waals surface area contributed by atoms with Crippen molar-refractivity contribution in [2.24, 2.45) is 0 Å². The second kappa shape index (κ2) is 10.8. The van der Waals surface area contributed by atoms with Gasteiger partial charge in [0.2, 0.25) is 0 Å². The largest absolute Gasteiger partial charge is 0.394 e. The summed E-state index contributed by atoms with van der Waals surface area (Å²) in [4.78, 5) is 4.23. The molecule has 0 amide bonds. The minimum atomic E-state index is 0.0352. The molecule has 0 bridgehead atoms. The molecule has 2 aromatic rings. The van der Waals surface area contributed by atoms with Crippen LogP contribution in [0.2, 0.25) is 0 Å². The van der Waals surface area contributed by atoms with Gasteiger partial charge in [0.05, 0.1) is 64.7 Å². The lowest BCUT2D eigenvalue weighted by molar-refractivity contribution is 0.00628. The molecule has 0 fully saturated rings. The average Bonchev–Trinajstić information content (AvgIpc) is 3.06. The zero-order chi connectivity index (χ0) is 16.2. The van der Waals surface area contributed by atoms with Crippen molar-refractivity contribution in [2.75, 3.05) is 46.2 Å². The number of pyridine rings is 1. The Hall–Kier alpha value is -1.87. The van der Waals surface area contributed by atoms with Crippen LogP contribution in [0.3, 0.4) is 0 Å². The summed E-state index contributed by atoms with van der Waals surface area (Å²) in [6, 6.07) is 5.67. The number of aliphatic hydroxyl groups excluding tert-OH is 1. The van der Waals surface area contributed by atoms with E-state index in [9.17, 15) is 0 Å². The Balaban J connectivity index is 1.53. The highest BCUT2D eigenvalue weighted by Crippen LogP contribution is 2.11. The molecule has 0 saturated heterocycles. The quantitative estimate of drug-likeness (QED) is 0.565. The van der Waals surface area contributed by atoms with Gasteiger partial charge in [0, 0.05) is 6.20 Å². The summed E-state index contributed by atoms with van der Waals surface area (Å²) >= 11 is 0. The van der Waals surface area contributed by atoms with E-state index in [0.29, 0.717) is 46.2 Å². The fraction of sp³-hybridized carbons (Fsp3) is 0.533. The second-order valence-corrected chi connectivity index (χ2v) is 4.64. The molecular formula is C15H22N4O4. The van der Waals surface area contributed by atoms with Crippen molar-refractivity contribution in [3.05, 3.63) is 30.6 Å². The molecule has 0 radical (unpaired) electrons. The van der Waals surface area contributed by atoms with Gasteiger partial charge in [-0.3, -0.25) is 4.98 Å². The van der Waals surface area contributed by atoms with E-state index in [1.807, 2.05) is 24.4 Å². The van der Waals surface area contributed by atoms with E-state index in [2.05, 4.69) is 15.3 Å². The zero-order valence-electron chi connectivity index (χ0n) is 13.0. The van der Waals surface area contributed by atoms with Crippen LogP contribution in [-0.2, 0) is 20.8 Å². The Labute approximate surface area is 135 Å². The number of rotatable bonds is 12. The summed E-state index contributed by atoms with van der Waals surface area (Å²) in [5.74, 6) is 0. The number of hydrogen-bond acceptors (Lipinski definition) is 7. The summed E-state index contributed by atoms with van der Waals surface area (Å²) in [5.41, 5.74) is 1.55. The van der Waals surface area contributed by atoms with Gasteiger partial charge >= 0.3 is 0 Å². The van der Waals surface area contributed by atoms with Crippen LogP contribution in [0.5, 0.6) is 0 Å². The molecule has 0 aliphatic heterocycles. The van der Waals surface area contributed by atoms with Gasteiger partial charge < -0.3 is 19.3 Å². The van der Waals surface area contributed by atoms with Gasteiger partial charge in [-0.1, -0.05) is 11.3 Å². The van der Waals surface area contributed by atoms with Gasteiger partial charge in [0.25, 0.3) is 0 Å². The molecule has 2 rings (SSSR count). The number of aromatic nitrogens is 4. The van der Waals surface area contributed by atoms with Crippen LogP contribution in [-0.4, -0.2) is 71.3 Å². The summed E-state index contributed by atoms with van der Waals surface area (Å²) in [6.45, 7) is 3.55. The molecule has 2 aromatic heterocycles. The highest BCUT2D eigenvalue weighted by Gasteiger charge is 2.04. The minimum absolute atomic E-state index is 0.0352. The lowest BCUT2D eigenvalue weighted by Crippen LogP contribution is -2.13. The van der Waals surface area contributed by atoms with Crippen molar-refractivity contribution in [3.63, 3.8) is 0 Å². The van der Waals surface area contributed by atoms with Gasteiger partial charge in [-0.25, -0.2) is 4.68 Å². The van der Waals surface area contributed by atoms with Gasteiger partial charge in [-0.05, 0) is 12.1 Å². The molecule has 2 heterocycles. The van der Waals surface area contributed by atoms with E-state index in [-0.39, 0.29) is 6.61 Å². The topological polar surface area (TPSA) is 91.5 Å². The fourth-order valence-electron chi connectivity index (χ4n) is 1.80. The predicted octanol–water partition coefficient (Wildman–Crippen LogP) is 0.382. The van der Waals surface area contributed by atoms with E-state index in [1.54, 1.807) is 10.9 Å². The third-order valence-corrected chi connectivity index (χ3v) is 2.91. The van der Waals surface area contributed by atoms with Crippen LogP contribution in [0.4, 0.5) is 0 Å². The van der Waals surface area contributed by atoms with E-state index < -0.39 is 0 Å². The van der Waals surface area contributed by atoms with Crippen LogP contribution in [0.1, 0.15) is 0 Å². The first-order valence-electron chi connectivity index (χ1n) is 7.56. The Morgan fingerprint density at radius 1 is 0.913 bits per heavy atom. The first-order chi connectivity index (χ1) is 11.4. The molecule has 126 valence electrons. The molecule has 0 aliphatic rings. The molecule has 8 heteroatoms. The summed E-state index contributed by atoms with van der Waals surface area (Å²) in [6.07, 6.45) is 3.58. The smallest absolute Gasteiger partial charge is 0.131 e. The standard InChI is InChI=1S/C15H22N4O4/c20-6-8-22-10-12-23-11-9-21-7-5-19-13-15(17-18-19)14-3-1-2-4-16-14/h1-4,13,20H,5-12H2. The highest BCUT2D eigenvalue weighted by molar-refractivity contribution is 5.51. The predicted molar refractivity (Wildman–Crippen MR) is 82.8 cm³/mol. The third-order valence-electron chi connectivity index (χ3n) is 2.91. The monoisotopic (exact) mass is 322 g/mol. The van der Waals surface area contributed by atoms with Crippen LogP contribution >= 0.6 is 0 Å². The molecule has 23 heavy (non-hydrogen) atoms. The molecule has 0 unspecified atom stereocenters. The van der Waals surface area contributed by atoms with E-state index in [4.69, 9.17) is 19.3 Å². The molecule has 0 aliphatic carbocycles. The Bertz CT molecular complexity index is 535. The first-order valence-corrected chi connectivity index (χ1v) is 7.56. The normalized spacial score (nSPS) is 11.0. The van der Waals surface area contributed by atoms with Crippen molar-refractivity contribution in [1.29, 1.82) is 0 Å². The number of hydrogen-bond donors (Lipinski definition) is 1. The minimum Gasteiger partial charge on any atom is -0.394 e. The van der Waals surface area contributed by atoms with Crippen molar-refractivity contribution < 1.29 is 19.3 Å². The number of aliphatic hydroxyl groups is 1. The lowest BCUT2D eigenvalue weighted by atomic mass is 10.3.